The van der Waals surface area contributed by atoms with E-state index in [2.05, 4.69) is 0 Å². The van der Waals surface area contributed by atoms with Crippen molar-refractivity contribution in [1.29, 1.82) is 0 Å². The Kier molecular flexibility index (Phi) is 4.16. The number of amides is 1. The van der Waals surface area contributed by atoms with Gasteiger partial charge >= 0.3 is 6.09 Å². The van der Waals surface area contributed by atoms with E-state index in [9.17, 15) is 4.79 Å². The van der Waals surface area contributed by atoms with Crippen LogP contribution in [0.15, 0.2) is 30.3 Å². The fraction of sp³-hybridized carbons (Fsp3) is 0.417. The number of carbonyl (C=O) groups is 1. The van der Waals surface area contributed by atoms with Crippen molar-refractivity contribution in [3.05, 3.63) is 30.3 Å². The van der Waals surface area contributed by atoms with Gasteiger partial charge in [-0.25, -0.2) is 4.79 Å². The van der Waals surface area contributed by atoms with Crippen LogP contribution in [0.25, 0.3) is 0 Å². The van der Waals surface area contributed by atoms with Crippen molar-refractivity contribution in [2.24, 2.45) is 0 Å². The Balaban J connectivity index is 2.76. The van der Waals surface area contributed by atoms with Gasteiger partial charge in [-0.2, -0.15) is 0 Å². The van der Waals surface area contributed by atoms with Crippen molar-refractivity contribution < 1.29 is 9.53 Å². The van der Waals surface area contributed by atoms with Crippen LogP contribution in [0.4, 0.5) is 10.5 Å². The Labute approximate surface area is 90.7 Å². The number of ether oxygens (including phenoxy) is 1. The third-order valence-corrected chi connectivity index (χ3v) is 1.94. The van der Waals surface area contributed by atoms with E-state index < -0.39 is 0 Å². The van der Waals surface area contributed by atoms with E-state index in [1.807, 2.05) is 51.1 Å². The highest BCUT2D eigenvalue weighted by Gasteiger charge is 2.15. The average molecular weight is 207 g/mol. The molecule has 0 saturated heterocycles. The van der Waals surface area contributed by atoms with Crippen LogP contribution in [-0.4, -0.2) is 18.7 Å². The zero-order chi connectivity index (χ0) is 11.3. The molecule has 3 heteroatoms. The van der Waals surface area contributed by atoms with Crippen molar-refractivity contribution in [2.45, 2.75) is 26.9 Å². The van der Waals surface area contributed by atoms with Gasteiger partial charge in [-0.05, 0) is 32.9 Å². The topological polar surface area (TPSA) is 29.5 Å². The van der Waals surface area contributed by atoms with E-state index in [1.54, 1.807) is 4.90 Å². The van der Waals surface area contributed by atoms with Gasteiger partial charge < -0.3 is 4.74 Å². The maximum atomic E-state index is 11.7. The highest BCUT2D eigenvalue weighted by molar-refractivity contribution is 5.87. The maximum Gasteiger partial charge on any atom is 0.414 e. The first-order valence-electron chi connectivity index (χ1n) is 5.18. The SMILES string of the molecule is CCN(C(=O)OC(C)C)c1ccccc1. The zero-order valence-corrected chi connectivity index (χ0v) is 9.43. The van der Waals surface area contributed by atoms with Crippen LogP contribution in [0.3, 0.4) is 0 Å². The summed E-state index contributed by atoms with van der Waals surface area (Å²) in [7, 11) is 0. The number of anilines is 1. The lowest BCUT2D eigenvalue weighted by Crippen LogP contribution is -2.32. The van der Waals surface area contributed by atoms with Crippen LogP contribution in [0.5, 0.6) is 0 Å². The second kappa shape index (κ2) is 5.39. The average Bonchev–Trinajstić information content (AvgIpc) is 2.19. The minimum absolute atomic E-state index is 0.0877. The second-order valence-corrected chi connectivity index (χ2v) is 3.51. The standard InChI is InChI=1S/C12H17NO2/c1-4-13(12(14)15-10(2)3)11-8-6-5-7-9-11/h5-10H,4H2,1-3H3. The van der Waals surface area contributed by atoms with E-state index in [1.165, 1.54) is 0 Å². The zero-order valence-electron chi connectivity index (χ0n) is 9.43. The summed E-state index contributed by atoms with van der Waals surface area (Å²) in [5.41, 5.74) is 0.866. The predicted octanol–water partition coefficient (Wildman–Crippen LogP) is 3.06. The van der Waals surface area contributed by atoms with Crippen LogP contribution in [0.1, 0.15) is 20.8 Å². The van der Waals surface area contributed by atoms with E-state index >= 15 is 0 Å². The van der Waals surface area contributed by atoms with Crippen LogP contribution in [0, 0.1) is 0 Å². The third-order valence-electron chi connectivity index (χ3n) is 1.94. The molecule has 0 fully saturated rings. The Morgan fingerprint density at radius 1 is 1.33 bits per heavy atom. The number of para-hydroxylation sites is 1. The third kappa shape index (κ3) is 3.27. The fourth-order valence-corrected chi connectivity index (χ4v) is 1.29. The first kappa shape index (κ1) is 11.6. The van der Waals surface area contributed by atoms with Gasteiger partial charge in [0.05, 0.1) is 6.10 Å². The highest BCUT2D eigenvalue weighted by atomic mass is 16.6. The molecule has 0 aliphatic heterocycles. The van der Waals surface area contributed by atoms with Gasteiger partial charge in [0.15, 0.2) is 0 Å². The maximum absolute atomic E-state index is 11.7. The molecule has 1 aromatic carbocycles. The second-order valence-electron chi connectivity index (χ2n) is 3.51. The Hall–Kier alpha value is -1.51. The molecule has 0 saturated carbocycles. The number of benzene rings is 1. The Morgan fingerprint density at radius 3 is 2.40 bits per heavy atom. The predicted molar refractivity (Wildman–Crippen MR) is 61.1 cm³/mol. The summed E-state index contributed by atoms with van der Waals surface area (Å²) in [5, 5.41) is 0. The van der Waals surface area contributed by atoms with Crippen molar-refractivity contribution in [3.8, 4) is 0 Å². The molecule has 0 heterocycles. The quantitative estimate of drug-likeness (QED) is 0.762. The molecule has 0 unspecified atom stereocenters. The molecule has 0 aliphatic rings. The molecule has 1 amide bonds. The van der Waals surface area contributed by atoms with Gasteiger partial charge in [0, 0.05) is 12.2 Å². The summed E-state index contributed by atoms with van der Waals surface area (Å²) in [6, 6.07) is 9.52. The Bertz CT molecular complexity index is 309. The number of rotatable bonds is 3. The van der Waals surface area contributed by atoms with Crippen LogP contribution in [0.2, 0.25) is 0 Å². The van der Waals surface area contributed by atoms with Crippen molar-refractivity contribution in [3.63, 3.8) is 0 Å². The monoisotopic (exact) mass is 207 g/mol. The molecule has 0 radical (unpaired) electrons. The first-order chi connectivity index (χ1) is 7.15. The van der Waals surface area contributed by atoms with Crippen LogP contribution >= 0.6 is 0 Å². The van der Waals surface area contributed by atoms with E-state index in [-0.39, 0.29) is 12.2 Å². The van der Waals surface area contributed by atoms with E-state index in [0.29, 0.717) is 6.54 Å². The van der Waals surface area contributed by atoms with Gasteiger partial charge in [-0.1, -0.05) is 18.2 Å². The molecule has 0 aromatic heterocycles. The number of hydrogen-bond acceptors (Lipinski definition) is 2. The summed E-state index contributed by atoms with van der Waals surface area (Å²) >= 11 is 0. The molecule has 0 atom stereocenters. The van der Waals surface area contributed by atoms with Crippen molar-refractivity contribution in [1.82, 2.24) is 0 Å². The highest BCUT2D eigenvalue weighted by Crippen LogP contribution is 2.14. The van der Waals surface area contributed by atoms with Crippen LogP contribution in [-0.2, 0) is 4.74 Å². The lowest BCUT2D eigenvalue weighted by atomic mass is 10.3. The molecule has 3 nitrogen and oxygen atoms in total. The molecule has 0 spiro atoms. The molecule has 1 aromatic rings. The molecule has 82 valence electrons. The largest absolute Gasteiger partial charge is 0.446 e. The van der Waals surface area contributed by atoms with Gasteiger partial charge in [0.25, 0.3) is 0 Å². The minimum Gasteiger partial charge on any atom is -0.446 e. The molecular weight excluding hydrogens is 190 g/mol. The lowest BCUT2D eigenvalue weighted by Gasteiger charge is -2.21. The summed E-state index contributed by atoms with van der Waals surface area (Å²) in [6.07, 6.45) is -0.381. The number of carbonyl (C=O) groups excluding carboxylic acids is 1. The summed E-state index contributed by atoms with van der Waals surface area (Å²) < 4.78 is 5.14. The number of hydrogen-bond donors (Lipinski definition) is 0. The summed E-state index contributed by atoms with van der Waals surface area (Å²) in [5.74, 6) is 0. The lowest BCUT2D eigenvalue weighted by molar-refractivity contribution is 0.123. The van der Waals surface area contributed by atoms with E-state index in [0.717, 1.165) is 5.69 Å². The molecule has 0 aliphatic carbocycles. The first-order valence-corrected chi connectivity index (χ1v) is 5.18. The molecule has 0 bridgehead atoms. The Morgan fingerprint density at radius 2 is 1.93 bits per heavy atom. The molecule has 1 rings (SSSR count). The molecule has 15 heavy (non-hydrogen) atoms. The molecule has 0 N–H and O–H groups in total. The minimum atomic E-state index is -0.293. The molecular formula is C12H17NO2. The fourth-order valence-electron chi connectivity index (χ4n) is 1.29. The van der Waals surface area contributed by atoms with E-state index in [4.69, 9.17) is 4.74 Å². The van der Waals surface area contributed by atoms with Crippen molar-refractivity contribution in [2.75, 3.05) is 11.4 Å². The normalized spacial score (nSPS) is 10.1. The van der Waals surface area contributed by atoms with Gasteiger partial charge in [-0.15, -0.1) is 0 Å². The number of nitrogens with zero attached hydrogens (tertiary/aromatic N) is 1. The van der Waals surface area contributed by atoms with Gasteiger partial charge in [0.1, 0.15) is 0 Å². The van der Waals surface area contributed by atoms with Crippen molar-refractivity contribution >= 4 is 11.8 Å². The summed E-state index contributed by atoms with van der Waals surface area (Å²) in [4.78, 5) is 13.3. The van der Waals surface area contributed by atoms with Gasteiger partial charge in [-0.3, -0.25) is 4.90 Å². The summed E-state index contributed by atoms with van der Waals surface area (Å²) in [6.45, 7) is 6.22. The van der Waals surface area contributed by atoms with Gasteiger partial charge in [0.2, 0.25) is 0 Å². The smallest absolute Gasteiger partial charge is 0.414 e. The van der Waals surface area contributed by atoms with Crippen LogP contribution < -0.4 is 4.90 Å².